The Hall–Kier alpha value is -1.94. The van der Waals surface area contributed by atoms with E-state index in [1.54, 1.807) is 12.1 Å². The molecule has 0 radical (unpaired) electrons. The molecule has 0 bridgehead atoms. The minimum Gasteiger partial charge on any atom is -0.349 e. The number of thioether (sulfide) groups is 1. The van der Waals surface area contributed by atoms with Crippen molar-refractivity contribution in [2.75, 3.05) is 39.0 Å². The summed E-state index contributed by atoms with van der Waals surface area (Å²) in [5, 5.41) is 3.63. The number of nitrogens with one attached hydrogen (secondary N) is 1. The van der Waals surface area contributed by atoms with E-state index in [0.717, 1.165) is 25.1 Å². The first-order valence-electron chi connectivity index (χ1n) is 11.3. The predicted octanol–water partition coefficient (Wildman–Crippen LogP) is 3.19. The van der Waals surface area contributed by atoms with E-state index >= 15 is 0 Å². The molecule has 1 fully saturated rings. The highest BCUT2D eigenvalue weighted by Crippen LogP contribution is 2.21. The average molecular weight is 491 g/mol. The van der Waals surface area contributed by atoms with Gasteiger partial charge in [-0.05, 0) is 49.6 Å². The summed E-state index contributed by atoms with van der Waals surface area (Å²) >= 11 is 1.29. The first kappa shape index (κ1) is 25.7. The zero-order chi connectivity index (χ0) is 24.0. The summed E-state index contributed by atoms with van der Waals surface area (Å²) in [7, 11) is -1.55. The van der Waals surface area contributed by atoms with E-state index in [2.05, 4.69) is 53.3 Å². The highest BCUT2D eigenvalue weighted by atomic mass is 32.2. The van der Waals surface area contributed by atoms with Gasteiger partial charge in [0.1, 0.15) is 4.90 Å². The highest BCUT2D eigenvalue weighted by molar-refractivity contribution is 7.99. The van der Waals surface area contributed by atoms with Crippen molar-refractivity contribution in [1.82, 2.24) is 19.5 Å². The zero-order valence-corrected chi connectivity index (χ0v) is 21.5. The molecule has 1 aliphatic heterocycles. The van der Waals surface area contributed by atoms with Crippen LogP contribution in [-0.2, 0) is 21.2 Å². The Morgan fingerprint density at radius 3 is 2.30 bits per heavy atom. The molecule has 1 atom stereocenters. The van der Waals surface area contributed by atoms with E-state index in [4.69, 9.17) is 0 Å². The molecule has 33 heavy (non-hydrogen) atoms. The number of amides is 1. The Bertz CT molecular complexity index is 1020. The SMILES string of the molecule is CC(C)Cc1ccc([C@H](C)NC(=O)CSc2ccc(S(=O)(=O)N3CCN(C)CC3)cn2)cc1. The number of hydrogen-bond acceptors (Lipinski definition) is 6. The van der Waals surface area contributed by atoms with Gasteiger partial charge in [-0.15, -0.1) is 0 Å². The lowest BCUT2D eigenvalue weighted by Crippen LogP contribution is -2.47. The van der Waals surface area contributed by atoms with Gasteiger partial charge >= 0.3 is 0 Å². The van der Waals surface area contributed by atoms with Crippen LogP contribution in [0.5, 0.6) is 0 Å². The number of rotatable bonds is 9. The fraction of sp³-hybridized carbons (Fsp3) is 0.500. The quantitative estimate of drug-likeness (QED) is 0.544. The normalized spacial score (nSPS) is 16.6. The molecule has 1 amide bonds. The molecule has 1 aromatic heterocycles. The van der Waals surface area contributed by atoms with E-state index in [-0.39, 0.29) is 22.6 Å². The van der Waals surface area contributed by atoms with Gasteiger partial charge in [0, 0.05) is 32.4 Å². The molecule has 7 nitrogen and oxygen atoms in total. The largest absolute Gasteiger partial charge is 0.349 e. The number of hydrogen-bond donors (Lipinski definition) is 1. The van der Waals surface area contributed by atoms with Gasteiger partial charge in [0.2, 0.25) is 15.9 Å². The first-order chi connectivity index (χ1) is 15.6. The number of piperazine rings is 1. The van der Waals surface area contributed by atoms with Gasteiger partial charge in [0.15, 0.2) is 0 Å². The fourth-order valence-electron chi connectivity index (χ4n) is 3.70. The lowest BCUT2D eigenvalue weighted by atomic mass is 10.00. The number of aromatic nitrogens is 1. The Kier molecular flexibility index (Phi) is 8.92. The summed E-state index contributed by atoms with van der Waals surface area (Å²) in [4.78, 5) is 19.0. The van der Waals surface area contributed by atoms with E-state index < -0.39 is 10.0 Å². The maximum atomic E-state index is 12.8. The van der Waals surface area contributed by atoms with Crippen LogP contribution < -0.4 is 5.32 Å². The summed E-state index contributed by atoms with van der Waals surface area (Å²) in [6.07, 6.45) is 2.43. The standard InChI is InChI=1S/C24H34N4O3S2/c1-18(2)15-20-5-7-21(8-6-20)19(3)26-23(29)17-32-24-10-9-22(16-25-24)33(30,31)28-13-11-27(4)12-14-28/h5-10,16,18-19H,11-15,17H2,1-4H3,(H,26,29)/t19-/m0/s1. The summed E-state index contributed by atoms with van der Waals surface area (Å²) in [5.74, 6) is 0.738. The number of carbonyl (C=O) groups excluding carboxylic acids is 1. The minimum atomic E-state index is -3.53. The van der Waals surface area contributed by atoms with E-state index in [1.165, 1.54) is 27.8 Å². The van der Waals surface area contributed by atoms with Crippen LogP contribution >= 0.6 is 11.8 Å². The Morgan fingerprint density at radius 2 is 1.73 bits per heavy atom. The van der Waals surface area contributed by atoms with Crippen molar-refractivity contribution < 1.29 is 13.2 Å². The summed E-state index contributed by atoms with van der Waals surface area (Å²) in [5.41, 5.74) is 2.37. The number of pyridine rings is 1. The van der Waals surface area contributed by atoms with Crippen LogP contribution in [0.3, 0.4) is 0 Å². The van der Waals surface area contributed by atoms with Crippen LogP contribution in [0.4, 0.5) is 0 Å². The van der Waals surface area contributed by atoms with Crippen LogP contribution in [0.15, 0.2) is 52.5 Å². The van der Waals surface area contributed by atoms with Gasteiger partial charge < -0.3 is 10.2 Å². The number of likely N-dealkylation sites (N-methyl/N-ethyl adjacent to an activating group) is 1. The van der Waals surface area contributed by atoms with E-state index in [9.17, 15) is 13.2 Å². The molecular weight excluding hydrogens is 456 g/mol. The molecule has 2 aromatic rings. The van der Waals surface area contributed by atoms with Crippen LogP contribution in [0.2, 0.25) is 0 Å². The van der Waals surface area contributed by atoms with Gasteiger partial charge in [0.05, 0.1) is 16.8 Å². The van der Waals surface area contributed by atoms with Crippen molar-refractivity contribution >= 4 is 27.7 Å². The van der Waals surface area contributed by atoms with Gasteiger partial charge in [-0.1, -0.05) is 49.9 Å². The Morgan fingerprint density at radius 1 is 1.06 bits per heavy atom. The average Bonchev–Trinajstić information content (AvgIpc) is 2.78. The van der Waals surface area contributed by atoms with Gasteiger partial charge in [-0.25, -0.2) is 13.4 Å². The molecule has 2 heterocycles. The van der Waals surface area contributed by atoms with Gasteiger partial charge in [-0.2, -0.15) is 4.31 Å². The van der Waals surface area contributed by atoms with Crippen molar-refractivity contribution in [2.45, 2.75) is 43.2 Å². The van der Waals surface area contributed by atoms with Crippen LogP contribution in [0.1, 0.15) is 37.9 Å². The monoisotopic (exact) mass is 490 g/mol. The molecule has 0 aliphatic carbocycles. The topological polar surface area (TPSA) is 82.6 Å². The Labute approximate surface area is 202 Å². The summed E-state index contributed by atoms with van der Waals surface area (Å²) in [6, 6.07) is 11.5. The van der Waals surface area contributed by atoms with Crippen molar-refractivity contribution in [2.24, 2.45) is 5.92 Å². The molecule has 3 rings (SSSR count). The van der Waals surface area contributed by atoms with Crippen LogP contribution in [-0.4, -0.2) is 67.5 Å². The van der Waals surface area contributed by atoms with Gasteiger partial charge in [-0.3, -0.25) is 4.79 Å². The molecule has 0 spiro atoms. The molecule has 0 unspecified atom stereocenters. The number of carbonyl (C=O) groups is 1. The molecule has 9 heteroatoms. The summed E-state index contributed by atoms with van der Waals surface area (Å²) in [6.45, 7) is 8.76. The summed E-state index contributed by atoms with van der Waals surface area (Å²) < 4.78 is 27.1. The third kappa shape index (κ3) is 7.27. The molecule has 180 valence electrons. The lowest BCUT2D eigenvalue weighted by Gasteiger charge is -2.31. The Balaban J connectivity index is 1.50. The fourth-order valence-corrected chi connectivity index (χ4v) is 5.72. The molecule has 1 aliphatic rings. The number of nitrogens with zero attached hydrogens (tertiary/aromatic N) is 3. The molecular formula is C24H34N4O3S2. The van der Waals surface area contributed by atoms with E-state index in [0.29, 0.717) is 24.0 Å². The third-order valence-corrected chi connectivity index (χ3v) is 8.49. The second-order valence-corrected chi connectivity index (χ2v) is 11.9. The minimum absolute atomic E-state index is 0.0877. The third-order valence-electron chi connectivity index (χ3n) is 5.66. The smallest absolute Gasteiger partial charge is 0.244 e. The maximum Gasteiger partial charge on any atom is 0.244 e. The maximum absolute atomic E-state index is 12.8. The van der Waals surface area contributed by atoms with Gasteiger partial charge in [0.25, 0.3) is 0 Å². The number of sulfonamides is 1. The molecule has 1 saturated heterocycles. The van der Waals surface area contributed by atoms with Crippen molar-refractivity contribution in [3.63, 3.8) is 0 Å². The highest BCUT2D eigenvalue weighted by Gasteiger charge is 2.27. The van der Waals surface area contributed by atoms with E-state index in [1.807, 2.05) is 14.0 Å². The zero-order valence-electron chi connectivity index (χ0n) is 19.8. The second kappa shape index (κ2) is 11.5. The number of benzene rings is 1. The predicted molar refractivity (Wildman–Crippen MR) is 133 cm³/mol. The van der Waals surface area contributed by atoms with Crippen molar-refractivity contribution in [3.8, 4) is 0 Å². The molecule has 1 N–H and O–H groups in total. The van der Waals surface area contributed by atoms with Crippen LogP contribution in [0.25, 0.3) is 0 Å². The molecule has 1 aromatic carbocycles. The van der Waals surface area contributed by atoms with Crippen molar-refractivity contribution in [3.05, 3.63) is 53.7 Å². The van der Waals surface area contributed by atoms with Crippen molar-refractivity contribution in [1.29, 1.82) is 0 Å². The lowest BCUT2D eigenvalue weighted by molar-refractivity contribution is -0.119. The van der Waals surface area contributed by atoms with Crippen LogP contribution in [0, 0.1) is 5.92 Å². The second-order valence-electron chi connectivity index (χ2n) is 8.96. The first-order valence-corrected chi connectivity index (χ1v) is 13.7. The molecule has 0 saturated carbocycles.